The third-order valence-electron chi connectivity index (χ3n) is 4.19. The first kappa shape index (κ1) is 15.5. The summed E-state index contributed by atoms with van der Waals surface area (Å²) in [7, 11) is 0. The number of hydrogen-bond donors (Lipinski definition) is 1. The lowest BCUT2D eigenvalue weighted by molar-refractivity contribution is -0.124. The van der Waals surface area contributed by atoms with E-state index in [2.05, 4.69) is 34.7 Å². The highest BCUT2D eigenvalue weighted by molar-refractivity contribution is 7.09. The Balaban J connectivity index is 1.74. The zero-order valence-corrected chi connectivity index (χ0v) is 13.4. The molecule has 0 aromatic carbocycles. The second kappa shape index (κ2) is 7.79. The van der Waals surface area contributed by atoms with E-state index in [1.54, 1.807) is 0 Å². The highest BCUT2D eigenvalue weighted by Gasteiger charge is 2.21. The molecule has 1 N–H and O–H groups in total. The molecule has 112 valence electrons. The van der Waals surface area contributed by atoms with Crippen LogP contribution in [0.4, 0.5) is 0 Å². The molecule has 1 amide bonds. The van der Waals surface area contributed by atoms with Gasteiger partial charge in [-0.15, -0.1) is 11.3 Å². The average molecular weight is 294 g/mol. The highest BCUT2D eigenvalue weighted by Crippen LogP contribution is 2.20. The lowest BCUT2D eigenvalue weighted by Crippen LogP contribution is -2.41. The summed E-state index contributed by atoms with van der Waals surface area (Å²) >= 11 is 1.83. The predicted molar refractivity (Wildman–Crippen MR) is 84.8 cm³/mol. The van der Waals surface area contributed by atoms with Crippen molar-refractivity contribution in [3.63, 3.8) is 0 Å². The maximum Gasteiger partial charge on any atom is 0.222 e. The largest absolute Gasteiger partial charge is 0.356 e. The molecule has 1 aliphatic rings. The molecule has 2 heterocycles. The van der Waals surface area contributed by atoms with Gasteiger partial charge in [0.15, 0.2) is 0 Å². The first-order valence-corrected chi connectivity index (χ1v) is 8.59. The second-order valence-electron chi connectivity index (χ2n) is 5.88. The van der Waals surface area contributed by atoms with Crippen molar-refractivity contribution in [2.45, 2.75) is 39.7 Å². The number of carbonyl (C=O) groups is 1. The fourth-order valence-electron chi connectivity index (χ4n) is 2.69. The van der Waals surface area contributed by atoms with Crippen LogP contribution in [-0.4, -0.2) is 30.4 Å². The molecular formula is C16H26N2OS. The maximum absolute atomic E-state index is 11.8. The fraction of sp³-hybridized carbons (Fsp3) is 0.688. The van der Waals surface area contributed by atoms with Gasteiger partial charge in [-0.2, -0.15) is 0 Å². The molecule has 2 atom stereocenters. The van der Waals surface area contributed by atoms with E-state index < -0.39 is 0 Å². The zero-order chi connectivity index (χ0) is 14.4. The summed E-state index contributed by atoms with van der Waals surface area (Å²) in [5, 5.41) is 5.26. The van der Waals surface area contributed by atoms with Crippen LogP contribution in [0.2, 0.25) is 0 Å². The van der Waals surface area contributed by atoms with Gasteiger partial charge in [0.25, 0.3) is 0 Å². The number of hydrogen-bond acceptors (Lipinski definition) is 3. The van der Waals surface area contributed by atoms with Crippen molar-refractivity contribution in [2.75, 3.05) is 19.6 Å². The van der Waals surface area contributed by atoms with Gasteiger partial charge in [-0.1, -0.05) is 19.9 Å². The molecule has 20 heavy (non-hydrogen) atoms. The summed E-state index contributed by atoms with van der Waals surface area (Å²) < 4.78 is 0. The zero-order valence-electron chi connectivity index (χ0n) is 12.6. The Hall–Kier alpha value is -0.870. The lowest BCUT2D eigenvalue weighted by Gasteiger charge is -2.32. The van der Waals surface area contributed by atoms with Crippen LogP contribution < -0.4 is 5.32 Å². The van der Waals surface area contributed by atoms with E-state index in [4.69, 9.17) is 0 Å². The number of nitrogens with one attached hydrogen (secondary N) is 1. The van der Waals surface area contributed by atoms with E-state index in [-0.39, 0.29) is 11.8 Å². The second-order valence-corrected chi connectivity index (χ2v) is 6.91. The van der Waals surface area contributed by atoms with Gasteiger partial charge < -0.3 is 5.32 Å². The molecule has 1 aromatic rings. The first-order valence-electron chi connectivity index (χ1n) is 7.71. The molecule has 0 spiro atoms. The molecule has 0 aliphatic carbocycles. The van der Waals surface area contributed by atoms with E-state index in [0.29, 0.717) is 5.92 Å². The average Bonchev–Trinajstić information content (AvgIpc) is 2.97. The van der Waals surface area contributed by atoms with Crippen LogP contribution in [0.3, 0.4) is 0 Å². The molecule has 3 nitrogen and oxygen atoms in total. The normalized spacial score (nSPS) is 21.6. The molecule has 2 rings (SSSR count). The van der Waals surface area contributed by atoms with Gasteiger partial charge in [-0.3, -0.25) is 9.69 Å². The Bertz CT molecular complexity index is 405. The molecular weight excluding hydrogens is 268 g/mol. The van der Waals surface area contributed by atoms with Crippen LogP contribution in [0.25, 0.3) is 0 Å². The number of nitrogens with zero attached hydrogens (tertiary/aromatic N) is 1. The third kappa shape index (κ3) is 4.60. The molecule has 1 saturated heterocycles. The van der Waals surface area contributed by atoms with Crippen LogP contribution in [0.5, 0.6) is 0 Å². The van der Waals surface area contributed by atoms with E-state index in [1.807, 2.05) is 18.3 Å². The molecule has 1 aromatic heterocycles. The molecule has 0 saturated carbocycles. The van der Waals surface area contributed by atoms with Crippen molar-refractivity contribution in [3.05, 3.63) is 22.4 Å². The highest BCUT2D eigenvalue weighted by atomic mass is 32.1. The van der Waals surface area contributed by atoms with E-state index in [1.165, 1.54) is 24.3 Å². The van der Waals surface area contributed by atoms with Gasteiger partial charge in [0.1, 0.15) is 0 Å². The summed E-state index contributed by atoms with van der Waals surface area (Å²) in [5.74, 6) is 0.959. The smallest absolute Gasteiger partial charge is 0.222 e. The summed E-state index contributed by atoms with van der Waals surface area (Å²) in [6, 6.07) is 4.33. The van der Waals surface area contributed by atoms with Gasteiger partial charge in [-0.25, -0.2) is 0 Å². The van der Waals surface area contributed by atoms with Crippen LogP contribution in [0, 0.1) is 11.8 Å². The van der Waals surface area contributed by atoms with Crippen molar-refractivity contribution in [1.29, 1.82) is 0 Å². The third-order valence-corrected chi connectivity index (χ3v) is 5.05. The van der Waals surface area contributed by atoms with Gasteiger partial charge in [0.2, 0.25) is 5.91 Å². The van der Waals surface area contributed by atoms with Crippen LogP contribution in [0.1, 0.15) is 38.0 Å². The fourth-order valence-corrected chi connectivity index (χ4v) is 3.44. The van der Waals surface area contributed by atoms with Gasteiger partial charge in [-0.05, 0) is 43.2 Å². The van der Waals surface area contributed by atoms with Crippen molar-refractivity contribution in [2.24, 2.45) is 11.8 Å². The number of thiophene rings is 1. The Morgan fingerprint density at radius 3 is 3.15 bits per heavy atom. The number of rotatable bonds is 6. The minimum atomic E-state index is 0.140. The quantitative estimate of drug-likeness (QED) is 0.874. The van der Waals surface area contributed by atoms with Crippen molar-refractivity contribution in [1.82, 2.24) is 10.2 Å². The van der Waals surface area contributed by atoms with E-state index in [0.717, 1.165) is 26.1 Å². The van der Waals surface area contributed by atoms with Gasteiger partial charge in [0, 0.05) is 30.4 Å². The number of carbonyl (C=O) groups excluding carboxylic acids is 1. The Morgan fingerprint density at radius 2 is 2.45 bits per heavy atom. The lowest BCUT2D eigenvalue weighted by atomic mass is 9.97. The van der Waals surface area contributed by atoms with E-state index in [9.17, 15) is 4.79 Å². The van der Waals surface area contributed by atoms with Crippen LogP contribution >= 0.6 is 11.3 Å². The standard InChI is InChI=1S/C16H26N2OS/c1-3-13(2)16(19)17-10-14-6-4-8-18(11-14)12-15-7-5-9-20-15/h5,7,9,13-14H,3-4,6,8,10-12H2,1-2H3,(H,17,19)/t13-,14+/m1/s1. The monoisotopic (exact) mass is 294 g/mol. The van der Waals surface area contributed by atoms with Crippen molar-refractivity contribution < 1.29 is 4.79 Å². The molecule has 4 heteroatoms. The summed E-state index contributed by atoms with van der Waals surface area (Å²) in [4.78, 5) is 15.8. The predicted octanol–water partition coefficient (Wildman–Crippen LogP) is 3.12. The van der Waals surface area contributed by atoms with Crippen molar-refractivity contribution >= 4 is 17.2 Å². The summed E-state index contributed by atoms with van der Waals surface area (Å²) in [6.07, 6.45) is 3.40. The van der Waals surface area contributed by atoms with Gasteiger partial charge >= 0.3 is 0 Å². The van der Waals surface area contributed by atoms with Crippen LogP contribution in [0.15, 0.2) is 17.5 Å². The Kier molecular flexibility index (Phi) is 6.05. The van der Waals surface area contributed by atoms with E-state index >= 15 is 0 Å². The Morgan fingerprint density at radius 1 is 1.60 bits per heavy atom. The topological polar surface area (TPSA) is 32.3 Å². The summed E-state index contributed by atoms with van der Waals surface area (Å²) in [6.45, 7) is 8.26. The summed E-state index contributed by atoms with van der Waals surface area (Å²) in [5.41, 5.74) is 0. The number of piperidine rings is 1. The van der Waals surface area contributed by atoms with Crippen LogP contribution in [-0.2, 0) is 11.3 Å². The van der Waals surface area contributed by atoms with Gasteiger partial charge in [0.05, 0.1) is 0 Å². The number of likely N-dealkylation sites (tertiary alicyclic amines) is 1. The minimum Gasteiger partial charge on any atom is -0.356 e. The maximum atomic E-state index is 11.8. The molecule has 0 radical (unpaired) electrons. The first-order chi connectivity index (χ1) is 9.69. The number of amides is 1. The Labute approximate surface area is 126 Å². The molecule has 1 fully saturated rings. The SMILES string of the molecule is CC[C@@H](C)C(=O)NC[C@@H]1CCCN(Cc2cccs2)C1. The molecule has 0 unspecified atom stereocenters. The molecule has 0 bridgehead atoms. The molecule has 1 aliphatic heterocycles. The minimum absolute atomic E-state index is 0.140. The van der Waals surface area contributed by atoms with Crippen molar-refractivity contribution in [3.8, 4) is 0 Å².